The maximum atomic E-state index is 12.8. The molecule has 5 heteroatoms. The Bertz CT molecular complexity index is 1110. The number of hydrogen-bond acceptors (Lipinski definition) is 1. The third-order valence-electron chi connectivity index (χ3n) is 4.83. The number of rotatable bonds is 3. The number of H-pyrrole nitrogens is 1. The van der Waals surface area contributed by atoms with E-state index in [0.717, 1.165) is 11.3 Å². The minimum atomic E-state index is -0.108. The molecule has 2 heterocycles. The van der Waals surface area contributed by atoms with Gasteiger partial charge in [-0.15, -0.1) is 0 Å². The molecule has 3 aromatic rings. The van der Waals surface area contributed by atoms with E-state index in [1.807, 2.05) is 18.2 Å². The summed E-state index contributed by atoms with van der Waals surface area (Å²) in [5, 5.41) is 4.89. The van der Waals surface area contributed by atoms with E-state index >= 15 is 0 Å². The van der Waals surface area contributed by atoms with Crippen LogP contribution in [-0.2, 0) is 0 Å². The number of aryl methyl sites for hydroxylation is 1. The molecule has 25 heavy (non-hydrogen) atoms. The lowest BCUT2D eigenvalue weighted by Crippen LogP contribution is -2.34. The van der Waals surface area contributed by atoms with E-state index in [1.54, 1.807) is 12.1 Å². The molecule has 0 bridgehead atoms. The number of halogens is 1. The van der Waals surface area contributed by atoms with Gasteiger partial charge in [0.2, 0.25) is 0 Å². The van der Waals surface area contributed by atoms with Crippen LogP contribution in [-0.4, -0.2) is 14.3 Å². The summed E-state index contributed by atoms with van der Waals surface area (Å²) in [7, 11) is 0. The average molecular weight is 354 g/mol. The summed E-state index contributed by atoms with van der Waals surface area (Å²) < 4.78 is 3.88. The van der Waals surface area contributed by atoms with Crippen LogP contribution in [0.5, 0.6) is 0 Å². The maximum Gasteiger partial charge on any atom is 0.279 e. The van der Waals surface area contributed by atoms with Crippen molar-refractivity contribution in [2.45, 2.75) is 32.7 Å². The van der Waals surface area contributed by atoms with Gasteiger partial charge >= 0.3 is 0 Å². The van der Waals surface area contributed by atoms with E-state index in [-0.39, 0.29) is 5.56 Å². The van der Waals surface area contributed by atoms with Crippen LogP contribution in [0.25, 0.3) is 18.3 Å². The lowest BCUT2D eigenvalue weighted by Gasteiger charge is -2.06. The molecule has 4 rings (SSSR count). The predicted octanol–water partition coefficient (Wildman–Crippen LogP) is 2.81. The molecule has 1 N–H and O–H groups in total. The third-order valence-corrected chi connectivity index (χ3v) is 5.08. The number of aromatic amines is 1. The van der Waals surface area contributed by atoms with Gasteiger partial charge in [-0.2, -0.15) is 0 Å². The molecule has 0 radical (unpaired) electrons. The molecule has 0 aliphatic heterocycles. The van der Waals surface area contributed by atoms with Crippen molar-refractivity contribution in [2.75, 3.05) is 0 Å². The summed E-state index contributed by atoms with van der Waals surface area (Å²) in [5.41, 5.74) is 4.16. The molecule has 128 valence electrons. The van der Waals surface area contributed by atoms with Crippen LogP contribution in [0.4, 0.5) is 0 Å². The van der Waals surface area contributed by atoms with E-state index < -0.39 is 0 Å². The van der Waals surface area contributed by atoms with Crippen molar-refractivity contribution in [3.8, 4) is 5.69 Å². The highest BCUT2D eigenvalue weighted by Crippen LogP contribution is 2.38. The Labute approximate surface area is 150 Å². The van der Waals surface area contributed by atoms with Gasteiger partial charge in [0.15, 0.2) is 0 Å². The Hall–Kier alpha value is -2.46. The molecule has 1 aliphatic carbocycles. The molecule has 0 amide bonds. The highest BCUT2D eigenvalue weighted by molar-refractivity contribution is 6.30. The van der Waals surface area contributed by atoms with Crippen molar-refractivity contribution in [1.82, 2.24) is 14.3 Å². The van der Waals surface area contributed by atoms with Gasteiger partial charge in [-0.25, -0.2) is 4.68 Å². The SMILES string of the molecule is C=c1[nH]n(-c2ccc(Cl)cc2)c(=O)/c1=C\c1cc(C)n(C2CC2)c1C. The van der Waals surface area contributed by atoms with Gasteiger partial charge in [0.1, 0.15) is 0 Å². The quantitative estimate of drug-likeness (QED) is 0.773. The zero-order chi connectivity index (χ0) is 17.7. The van der Waals surface area contributed by atoms with Crippen molar-refractivity contribution in [1.29, 1.82) is 0 Å². The fourth-order valence-electron chi connectivity index (χ4n) is 3.42. The normalized spacial score (nSPS) is 15.1. The molecular weight excluding hydrogens is 334 g/mol. The highest BCUT2D eigenvalue weighted by Gasteiger charge is 2.26. The van der Waals surface area contributed by atoms with Gasteiger partial charge in [-0.05, 0) is 68.7 Å². The minimum Gasteiger partial charge on any atom is -0.346 e. The summed E-state index contributed by atoms with van der Waals surface area (Å²) in [4.78, 5) is 12.8. The largest absolute Gasteiger partial charge is 0.346 e. The van der Waals surface area contributed by atoms with E-state index in [0.29, 0.717) is 21.6 Å². The first kappa shape index (κ1) is 16.0. The lowest BCUT2D eigenvalue weighted by atomic mass is 10.2. The standard InChI is InChI=1S/C20H20ClN3O/c1-12-10-15(14(3)23(12)17-8-9-17)11-19-13(2)22-24(20(19)25)18-6-4-16(21)5-7-18/h4-7,10-11,17,22H,2,8-9H2,1,3H3/b19-11-. The second kappa shape index (κ2) is 5.81. The molecule has 0 unspecified atom stereocenters. The second-order valence-electron chi connectivity index (χ2n) is 6.69. The molecule has 1 saturated carbocycles. The predicted molar refractivity (Wildman–Crippen MR) is 102 cm³/mol. The fourth-order valence-corrected chi connectivity index (χ4v) is 3.54. The van der Waals surface area contributed by atoms with Crippen LogP contribution in [0.1, 0.15) is 35.8 Å². The number of benzene rings is 1. The van der Waals surface area contributed by atoms with Gasteiger partial charge in [0.25, 0.3) is 5.56 Å². The van der Waals surface area contributed by atoms with E-state index in [2.05, 4.69) is 36.2 Å². The topological polar surface area (TPSA) is 42.7 Å². The van der Waals surface area contributed by atoms with Gasteiger partial charge in [-0.3, -0.25) is 9.89 Å². The molecular formula is C20H20ClN3O. The zero-order valence-corrected chi connectivity index (χ0v) is 15.1. The number of hydrogen-bond donors (Lipinski definition) is 1. The van der Waals surface area contributed by atoms with Crippen LogP contribution in [0.3, 0.4) is 0 Å². The molecule has 0 atom stereocenters. The average Bonchev–Trinajstić information content (AvgIpc) is 3.31. The Morgan fingerprint density at radius 1 is 1.24 bits per heavy atom. The van der Waals surface area contributed by atoms with Crippen molar-refractivity contribution in [3.63, 3.8) is 0 Å². The molecule has 1 aliphatic rings. The van der Waals surface area contributed by atoms with Gasteiger partial charge in [-0.1, -0.05) is 18.2 Å². The zero-order valence-electron chi connectivity index (χ0n) is 14.3. The van der Waals surface area contributed by atoms with Crippen LogP contribution in [0.2, 0.25) is 5.02 Å². The number of nitrogens with one attached hydrogen (secondary N) is 1. The van der Waals surface area contributed by atoms with Gasteiger partial charge < -0.3 is 4.57 Å². The maximum absolute atomic E-state index is 12.8. The summed E-state index contributed by atoms with van der Waals surface area (Å²) in [6.07, 6.45) is 4.42. The summed E-state index contributed by atoms with van der Waals surface area (Å²) >= 11 is 5.93. The number of nitrogens with zero attached hydrogens (tertiary/aromatic N) is 2. The van der Waals surface area contributed by atoms with E-state index in [9.17, 15) is 4.79 Å². The Balaban J connectivity index is 1.86. The highest BCUT2D eigenvalue weighted by atomic mass is 35.5. The smallest absolute Gasteiger partial charge is 0.279 e. The van der Waals surface area contributed by atoms with Gasteiger partial charge in [0.05, 0.1) is 16.3 Å². The molecule has 1 fully saturated rings. The first-order chi connectivity index (χ1) is 12.0. The Morgan fingerprint density at radius 3 is 2.56 bits per heavy atom. The van der Waals surface area contributed by atoms with Crippen LogP contribution < -0.4 is 16.1 Å². The molecule has 1 aromatic carbocycles. The summed E-state index contributed by atoms with van der Waals surface area (Å²) in [6.45, 7) is 8.24. The van der Waals surface area contributed by atoms with Crippen LogP contribution in [0, 0.1) is 13.8 Å². The van der Waals surface area contributed by atoms with Crippen LogP contribution in [0.15, 0.2) is 35.1 Å². The van der Waals surface area contributed by atoms with Crippen molar-refractivity contribution in [2.24, 2.45) is 0 Å². The monoisotopic (exact) mass is 353 g/mol. The summed E-state index contributed by atoms with van der Waals surface area (Å²) in [6, 6.07) is 9.91. The summed E-state index contributed by atoms with van der Waals surface area (Å²) in [5.74, 6) is 0. The molecule has 4 nitrogen and oxygen atoms in total. The van der Waals surface area contributed by atoms with E-state index in [1.165, 1.54) is 28.9 Å². The molecule has 0 spiro atoms. The van der Waals surface area contributed by atoms with Crippen molar-refractivity contribution < 1.29 is 0 Å². The first-order valence-corrected chi connectivity index (χ1v) is 8.79. The first-order valence-electron chi connectivity index (χ1n) is 8.42. The van der Waals surface area contributed by atoms with E-state index in [4.69, 9.17) is 11.6 Å². The third kappa shape index (κ3) is 2.76. The molecule has 0 saturated heterocycles. The fraction of sp³-hybridized carbons (Fsp3) is 0.250. The second-order valence-corrected chi connectivity index (χ2v) is 7.13. The Morgan fingerprint density at radius 2 is 1.92 bits per heavy atom. The molecule has 2 aromatic heterocycles. The van der Waals surface area contributed by atoms with Crippen molar-refractivity contribution >= 4 is 24.3 Å². The van der Waals surface area contributed by atoms with Gasteiger partial charge in [0, 0.05) is 22.5 Å². The lowest BCUT2D eigenvalue weighted by molar-refractivity contribution is 0.699. The van der Waals surface area contributed by atoms with Crippen LogP contribution >= 0.6 is 11.6 Å². The number of aromatic nitrogens is 3. The minimum absolute atomic E-state index is 0.108. The van der Waals surface area contributed by atoms with Crippen molar-refractivity contribution in [3.05, 3.63) is 73.2 Å². The Kier molecular flexibility index (Phi) is 3.73.